The highest BCUT2D eigenvalue weighted by atomic mass is 16.5. The number of nitrogens with zero attached hydrogens (tertiary/aromatic N) is 1. The van der Waals surface area contributed by atoms with Gasteiger partial charge in [-0.2, -0.15) is 0 Å². The van der Waals surface area contributed by atoms with Gasteiger partial charge in [-0.15, -0.1) is 0 Å². The second kappa shape index (κ2) is 10.4. The first kappa shape index (κ1) is 22.0. The van der Waals surface area contributed by atoms with Crippen molar-refractivity contribution in [2.75, 3.05) is 24.7 Å². The van der Waals surface area contributed by atoms with E-state index in [1.54, 1.807) is 11.2 Å². The molecule has 1 aliphatic heterocycles. The van der Waals surface area contributed by atoms with Gasteiger partial charge in [0.15, 0.2) is 11.5 Å². The van der Waals surface area contributed by atoms with E-state index in [0.29, 0.717) is 19.8 Å². The van der Waals surface area contributed by atoms with Crippen molar-refractivity contribution in [3.05, 3.63) is 78.3 Å². The zero-order valence-corrected chi connectivity index (χ0v) is 18.6. The third-order valence-electron chi connectivity index (χ3n) is 5.53. The van der Waals surface area contributed by atoms with Crippen molar-refractivity contribution >= 4 is 11.6 Å². The minimum absolute atomic E-state index is 0.00246. The number of fused-ring (bicyclic) bond motifs is 1. The van der Waals surface area contributed by atoms with Gasteiger partial charge >= 0.3 is 0 Å². The Bertz CT molecular complexity index is 1000. The standard InChI is InChI=1S/C26H30N2O4/c1-19(2)26(20-11-12-23-24(16-20)32-15-7-14-31-23)27-17-25(29)28(18-22-10-6-13-30-22)21-8-4-3-5-9-21/h3-6,8-13,16,19,26-27H,7,14-15,17-18H2,1-2H3. The highest BCUT2D eigenvalue weighted by Crippen LogP contribution is 2.34. The van der Waals surface area contributed by atoms with E-state index in [2.05, 4.69) is 19.2 Å². The summed E-state index contributed by atoms with van der Waals surface area (Å²) in [7, 11) is 0. The molecule has 0 radical (unpaired) electrons. The Morgan fingerprint density at radius 3 is 2.50 bits per heavy atom. The lowest BCUT2D eigenvalue weighted by atomic mass is 9.95. The SMILES string of the molecule is CC(C)C(NCC(=O)N(Cc1ccco1)c1ccccc1)c1ccc2c(c1)OCCCO2. The predicted molar refractivity (Wildman–Crippen MR) is 124 cm³/mol. The molecule has 1 unspecified atom stereocenters. The summed E-state index contributed by atoms with van der Waals surface area (Å²) in [6.07, 6.45) is 2.50. The van der Waals surface area contributed by atoms with Crippen LogP contribution in [0.3, 0.4) is 0 Å². The molecule has 1 N–H and O–H groups in total. The first-order valence-corrected chi connectivity index (χ1v) is 11.1. The van der Waals surface area contributed by atoms with Gasteiger partial charge in [0, 0.05) is 18.2 Å². The number of hydrogen-bond acceptors (Lipinski definition) is 5. The maximum atomic E-state index is 13.3. The third kappa shape index (κ3) is 5.32. The Labute approximate surface area is 189 Å². The van der Waals surface area contributed by atoms with Gasteiger partial charge in [-0.05, 0) is 47.9 Å². The molecule has 6 heteroatoms. The molecule has 6 nitrogen and oxygen atoms in total. The van der Waals surface area contributed by atoms with Gasteiger partial charge in [0.2, 0.25) is 5.91 Å². The fraction of sp³-hybridized carbons (Fsp3) is 0.346. The van der Waals surface area contributed by atoms with E-state index in [9.17, 15) is 4.79 Å². The number of carbonyl (C=O) groups excluding carboxylic acids is 1. The van der Waals surface area contributed by atoms with Crippen LogP contribution in [0.25, 0.3) is 0 Å². The van der Waals surface area contributed by atoms with Crippen LogP contribution >= 0.6 is 0 Å². The van der Waals surface area contributed by atoms with E-state index >= 15 is 0 Å². The van der Waals surface area contributed by atoms with Crippen molar-refractivity contribution in [2.24, 2.45) is 5.92 Å². The number of furan rings is 1. The molecule has 1 amide bonds. The summed E-state index contributed by atoms with van der Waals surface area (Å²) in [6.45, 7) is 6.18. The molecule has 0 bridgehead atoms. The van der Waals surface area contributed by atoms with Gasteiger partial charge in [0.25, 0.3) is 0 Å². The van der Waals surface area contributed by atoms with Crippen molar-refractivity contribution in [2.45, 2.75) is 32.9 Å². The summed E-state index contributed by atoms with van der Waals surface area (Å²) < 4.78 is 17.1. The molecule has 2 heterocycles. The number of nitrogens with one attached hydrogen (secondary N) is 1. The van der Waals surface area contributed by atoms with Crippen LogP contribution in [0.15, 0.2) is 71.3 Å². The van der Waals surface area contributed by atoms with Crippen molar-refractivity contribution in [3.8, 4) is 11.5 Å². The smallest absolute Gasteiger partial charge is 0.241 e. The minimum atomic E-state index is -0.0207. The number of benzene rings is 2. The molecule has 32 heavy (non-hydrogen) atoms. The number of amides is 1. The lowest BCUT2D eigenvalue weighted by molar-refractivity contribution is -0.118. The van der Waals surface area contributed by atoms with Crippen LogP contribution in [0.2, 0.25) is 0 Å². The first-order chi connectivity index (χ1) is 15.6. The van der Waals surface area contributed by atoms with Gasteiger partial charge in [-0.3, -0.25) is 4.79 Å². The topological polar surface area (TPSA) is 63.9 Å². The van der Waals surface area contributed by atoms with E-state index < -0.39 is 0 Å². The zero-order chi connectivity index (χ0) is 22.3. The minimum Gasteiger partial charge on any atom is -0.490 e. The second-order valence-corrected chi connectivity index (χ2v) is 8.25. The molecule has 0 aliphatic carbocycles. The largest absolute Gasteiger partial charge is 0.490 e. The molecule has 1 aliphatic rings. The molecule has 1 aromatic heterocycles. The van der Waals surface area contributed by atoms with Gasteiger partial charge in [-0.1, -0.05) is 38.1 Å². The molecule has 4 rings (SSSR count). The summed E-state index contributed by atoms with van der Waals surface area (Å²) in [5, 5.41) is 3.47. The van der Waals surface area contributed by atoms with Crippen LogP contribution in [-0.2, 0) is 11.3 Å². The Morgan fingerprint density at radius 1 is 1.00 bits per heavy atom. The molecule has 3 aromatic rings. The Hall–Kier alpha value is -3.25. The van der Waals surface area contributed by atoms with E-state index in [1.807, 2.05) is 60.7 Å². The maximum absolute atomic E-state index is 13.3. The monoisotopic (exact) mass is 434 g/mol. The Kier molecular flexibility index (Phi) is 7.12. The fourth-order valence-corrected chi connectivity index (χ4v) is 3.89. The zero-order valence-electron chi connectivity index (χ0n) is 18.6. The van der Waals surface area contributed by atoms with E-state index in [1.165, 1.54) is 0 Å². The average molecular weight is 435 g/mol. The molecule has 1 atom stereocenters. The van der Waals surface area contributed by atoms with Crippen molar-refractivity contribution < 1.29 is 18.7 Å². The van der Waals surface area contributed by atoms with Crippen LogP contribution < -0.4 is 19.7 Å². The van der Waals surface area contributed by atoms with Crippen LogP contribution in [0.5, 0.6) is 11.5 Å². The van der Waals surface area contributed by atoms with Crippen molar-refractivity contribution in [1.82, 2.24) is 5.32 Å². The van der Waals surface area contributed by atoms with Gasteiger partial charge in [0.1, 0.15) is 5.76 Å². The Morgan fingerprint density at radius 2 is 1.78 bits per heavy atom. The summed E-state index contributed by atoms with van der Waals surface area (Å²) >= 11 is 0. The van der Waals surface area contributed by atoms with Crippen LogP contribution in [0.1, 0.15) is 37.6 Å². The Balaban J connectivity index is 1.49. The van der Waals surface area contributed by atoms with Gasteiger partial charge in [-0.25, -0.2) is 0 Å². The average Bonchev–Trinajstić information content (AvgIpc) is 3.21. The van der Waals surface area contributed by atoms with Crippen molar-refractivity contribution in [1.29, 1.82) is 0 Å². The lowest BCUT2D eigenvalue weighted by Crippen LogP contribution is -2.40. The number of ether oxygens (including phenoxy) is 2. The predicted octanol–water partition coefficient (Wildman–Crippen LogP) is 4.96. The van der Waals surface area contributed by atoms with E-state index in [-0.39, 0.29) is 24.4 Å². The highest BCUT2D eigenvalue weighted by Gasteiger charge is 2.22. The van der Waals surface area contributed by atoms with E-state index in [0.717, 1.165) is 34.9 Å². The molecule has 0 fully saturated rings. The molecule has 2 aromatic carbocycles. The number of rotatable bonds is 8. The molecule has 168 valence electrons. The number of para-hydroxylation sites is 1. The summed E-state index contributed by atoms with van der Waals surface area (Å²) in [5.41, 5.74) is 1.92. The summed E-state index contributed by atoms with van der Waals surface area (Å²) in [5.74, 6) is 2.54. The second-order valence-electron chi connectivity index (χ2n) is 8.25. The lowest BCUT2D eigenvalue weighted by Gasteiger charge is -2.27. The van der Waals surface area contributed by atoms with Crippen LogP contribution in [0, 0.1) is 5.92 Å². The summed E-state index contributed by atoms with van der Waals surface area (Å²) in [4.78, 5) is 15.0. The molecule has 0 spiro atoms. The number of carbonyl (C=O) groups is 1. The quantitative estimate of drug-likeness (QED) is 0.543. The fourth-order valence-electron chi connectivity index (χ4n) is 3.89. The number of anilines is 1. The molecule has 0 saturated heterocycles. The summed E-state index contributed by atoms with van der Waals surface area (Å²) in [6, 6.07) is 19.4. The van der Waals surface area contributed by atoms with Crippen LogP contribution in [0.4, 0.5) is 5.69 Å². The van der Waals surface area contributed by atoms with Gasteiger partial charge < -0.3 is 24.1 Å². The maximum Gasteiger partial charge on any atom is 0.241 e. The third-order valence-corrected chi connectivity index (χ3v) is 5.53. The van der Waals surface area contributed by atoms with Crippen LogP contribution in [-0.4, -0.2) is 25.7 Å². The number of hydrogen-bond donors (Lipinski definition) is 1. The first-order valence-electron chi connectivity index (χ1n) is 11.1. The normalized spacial score (nSPS) is 14.1. The van der Waals surface area contributed by atoms with E-state index in [4.69, 9.17) is 13.9 Å². The highest BCUT2D eigenvalue weighted by molar-refractivity contribution is 5.94. The molecule has 0 saturated carbocycles. The van der Waals surface area contributed by atoms with Crippen molar-refractivity contribution in [3.63, 3.8) is 0 Å². The molecular formula is C26H30N2O4. The van der Waals surface area contributed by atoms with Gasteiger partial charge in [0.05, 0.1) is 32.6 Å². The molecular weight excluding hydrogens is 404 g/mol.